The fourth-order valence-electron chi connectivity index (χ4n) is 6.05. The Hall–Kier alpha value is -6.25. The number of nitrogen functional groups attached to an aromatic ring is 1. The molecular weight excluding hydrogens is 760 g/mol. The fraction of sp³-hybridized carbons (Fsp3) is 0.0769. The fourth-order valence-corrected chi connectivity index (χ4v) is 6.56. The Bertz CT molecular complexity index is 2780. The summed E-state index contributed by atoms with van der Waals surface area (Å²) in [6.07, 6.45) is 0. The summed E-state index contributed by atoms with van der Waals surface area (Å²) in [7, 11) is -1.41. The first-order valence-corrected chi connectivity index (χ1v) is 17.5. The first-order chi connectivity index (χ1) is 25.4. The van der Waals surface area contributed by atoms with Crippen LogP contribution in [-0.4, -0.2) is 37.4 Å². The molecule has 0 saturated heterocycles. The van der Waals surface area contributed by atoms with Crippen molar-refractivity contribution in [1.29, 1.82) is 0 Å². The quantitative estimate of drug-likeness (QED) is 0.0408. The van der Waals surface area contributed by atoms with Crippen LogP contribution in [0, 0.1) is 6.92 Å². The van der Waals surface area contributed by atoms with E-state index < -0.39 is 10.1 Å². The van der Waals surface area contributed by atoms with Crippen molar-refractivity contribution in [2.24, 2.45) is 20.5 Å². The number of phenols is 2. The zero-order valence-corrected chi connectivity index (χ0v) is 30.6. The molecular formula is C39H32CuN6O7S. The minimum absolute atomic E-state index is 0. The molecule has 0 aromatic heterocycles. The Morgan fingerprint density at radius 3 is 1.94 bits per heavy atom. The van der Waals surface area contributed by atoms with E-state index in [1.165, 1.54) is 37.4 Å². The van der Waals surface area contributed by atoms with Gasteiger partial charge in [-0.3, -0.25) is 4.55 Å². The molecule has 0 fully saturated rings. The molecule has 277 valence electrons. The van der Waals surface area contributed by atoms with Gasteiger partial charge >= 0.3 is 0 Å². The Labute approximate surface area is 320 Å². The zero-order chi connectivity index (χ0) is 37.4. The van der Waals surface area contributed by atoms with Crippen molar-refractivity contribution in [3.63, 3.8) is 0 Å². The van der Waals surface area contributed by atoms with Gasteiger partial charge in [0.2, 0.25) is 0 Å². The van der Waals surface area contributed by atoms with Gasteiger partial charge in [0.15, 0.2) is 5.75 Å². The number of nitrogens with zero attached hydrogens (tertiary/aromatic N) is 4. The Morgan fingerprint density at radius 2 is 1.24 bits per heavy atom. The van der Waals surface area contributed by atoms with Gasteiger partial charge in [-0.15, -0.1) is 20.5 Å². The Kier molecular flexibility index (Phi) is 10.4. The van der Waals surface area contributed by atoms with E-state index in [1.54, 1.807) is 31.4 Å². The van der Waals surface area contributed by atoms with Gasteiger partial charge in [0.1, 0.15) is 34.3 Å². The van der Waals surface area contributed by atoms with Gasteiger partial charge in [-0.2, -0.15) is 8.42 Å². The summed E-state index contributed by atoms with van der Waals surface area (Å²) < 4.78 is 44.1. The topological polar surface area (TPSA) is 201 Å². The van der Waals surface area contributed by atoms with Gasteiger partial charge in [0, 0.05) is 67.8 Å². The van der Waals surface area contributed by atoms with Gasteiger partial charge in [-0.05, 0) is 90.0 Å². The Morgan fingerprint density at radius 1 is 0.630 bits per heavy atom. The molecule has 7 aromatic rings. The number of fused-ring (bicyclic) bond motifs is 3. The molecule has 15 heteroatoms. The van der Waals surface area contributed by atoms with Crippen LogP contribution in [0.2, 0.25) is 0 Å². The number of nitrogens with one attached hydrogen (secondary N) is 1. The smallest absolute Gasteiger partial charge is 0.294 e. The molecule has 0 aliphatic heterocycles. The van der Waals surface area contributed by atoms with E-state index >= 15 is 0 Å². The largest absolute Gasteiger partial charge is 0.506 e. The predicted molar refractivity (Wildman–Crippen MR) is 205 cm³/mol. The van der Waals surface area contributed by atoms with E-state index in [0.717, 1.165) is 38.8 Å². The van der Waals surface area contributed by atoms with Crippen molar-refractivity contribution in [2.45, 2.75) is 11.8 Å². The van der Waals surface area contributed by atoms with Crippen LogP contribution in [0.25, 0.3) is 32.3 Å². The van der Waals surface area contributed by atoms with E-state index in [0.29, 0.717) is 21.8 Å². The van der Waals surface area contributed by atoms with Crippen LogP contribution in [0.1, 0.15) is 5.56 Å². The number of anilines is 3. The second-order valence-electron chi connectivity index (χ2n) is 12.1. The van der Waals surface area contributed by atoms with E-state index in [-0.39, 0.29) is 62.0 Å². The summed E-state index contributed by atoms with van der Waals surface area (Å²) in [6.45, 7) is 2.01. The summed E-state index contributed by atoms with van der Waals surface area (Å²) in [5.41, 5.74) is 9.83. The molecule has 7 aromatic carbocycles. The summed E-state index contributed by atoms with van der Waals surface area (Å²) in [4.78, 5) is -0.329. The van der Waals surface area contributed by atoms with Gasteiger partial charge in [0.05, 0.1) is 24.8 Å². The summed E-state index contributed by atoms with van der Waals surface area (Å²) in [6, 6.07) is 28.9. The van der Waals surface area contributed by atoms with Crippen molar-refractivity contribution in [3.8, 4) is 23.0 Å². The third-order valence-electron chi connectivity index (χ3n) is 8.73. The number of benzene rings is 7. The van der Waals surface area contributed by atoms with Crippen LogP contribution in [0.3, 0.4) is 0 Å². The van der Waals surface area contributed by atoms with Gasteiger partial charge < -0.3 is 30.7 Å². The molecule has 0 amide bonds. The maximum absolute atomic E-state index is 11.7. The predicted octanol–water partition coefficient (Wildman–Crippen LogP) is 10.3. The van der Waals surface area contributed by atoms with E-state index in [1.807, 2.05) is 49.4 Å². The maximum Gasteiger partial charge on any atom is 0.294 e. The monoisotopic (exact) mass is 791 g/mol. The zero-order valence-electron chi connectivity index (χ0n) is 28.9. The average Bonchev–Trinajstić information content (AvgIpc) is 3.14. The molecule has 0 bridgehead atoms. The molecule has 6 N–H and O–H groups in total. The molecule has 13 nitrogen and oxygen atoms in total. The van der Waals surface area contributed by atoms with Gasteiger partial charge in [-0.1, -0.05) is 24.3 Å². The second-order valence-corrected chi connectivity index (χ2v) is 13.5. The van der Waals surface area contributed by atoms with Gasteiger partial charge in [0.25, 0.3) is 10.1 Å². The minimum atomic E-state index is -4.48. The molecule has 0 unspecified atom stereocenters. The Balaban J connectivity index is 0.00000497. The molecule has 0 atom stereocenters. The molecule has 0 spiro atoms. The maximum atomic E-state index is 11.7. The number of phenolic OH excluding ortho intramolecular Hbond substituents is 2. The van der Waals surface area contributed by atoms with Crippen LogP contribution in [0.5, 0.6) is 23.0 Å². The summed E-state index contributed by atoms with van der Waals surface area (Å²) in [5, 5.41) is 46.4. The molecule has 7 rings (SSSR count). The number of aromatic hydroxyl groups is 2. The third-order valence-corrected chi connectivity index (χ3v) is 9.58. The first-order valence-electron chi connectivity index (χ1n) is 16.1. The standard InChI is InChI=1S/C39H32N6O7S.Cu/c1-21-4-5-23-17-25(8-11-28(23)39(21)52-3)41-24-7-10-27-22(16-24)6-14-33(38(27)47)43-44-34-20-37(51-2)35(19-36(34)46)45-42-32-15-13-31(40)29-12-9-26(18-30(29)32)53(48,49)50;/h4-20,41,46-47H,40H2,1-3H3,(H,48,49,50);. The molecule has 0 heterocycles. The number of nitrogens with two attached hydrogens (primary N) is 1. The van der Waals surface area contributed by atoms with E-state index in [9.17, 15) is 23.2 Å². The van der Waals surface area contributed by atoms with Crippen LogP contribution in [0.15, 0.2) is 128 Å². The van der Waals surface area contributed by atoms with Gasteiger partial charge in [-0.25, -0.2) is 0 Å². The normalized spacial score (nSPS) is 11.8. The third kappa shape index (κ3) is 7.34. The van der Waals surface area contributed by atoms with Crippen molar-refractivity contribution in [2.75, 3.05) is 25.3 Å². The number of methoxy groups -OCH3 is 2. The summed E-state index contributed by atoms with van der Waals surface area (Å²) >= 11 is 0. The van der Waals surface area contributed by atoms with E-state index in [2.05, 4.69) is 31.8 Å². The average molecular weight is 792 g/mol. The summed E-state index contributed by atoms with van der Waals surface area (Å²) in [5.74, 6) is 0.666. The first kappa shape index (κ1) is 37.5. The second kappa shape index (κ2) is 15.0. The van der Waals surface area contributed by atoms with Crippen LogP contribution in [0.4, 0.5) is 39.8 Å². The van der Waals surface area contributed by atoms with E-state index in [4.69, 9.17) is 15.2 Å². The molecule has 0 aliphatic rings. The number of aryl methyl sites for hydroxylation is 1. The number of hydrogen-bond acceptors (Lipinski definition) is 12. The van der Waals surface area contributed by atoms with Crippen molar-refractivity contribution in [3.05, 3.63) is 109 Å². The van der Waals surface area contributed by atoms with Crippen LogP contribution in [-0.2, 0) is 27.2 Å². The molecule has 0 aliphatic carbocycles. The molecule has 0 saturated carbocycles. The number of hydrogen-bond donors (Lipinski definition) is 5. The minimum Gasteiger partial charge on any atom is -0.506 e. The number of rotatable bonds is 9. The van der Waals surface area contributed by atoms with Crippen molar-refractivity contribution < 1.29 is 49.7 Å². The van der Waals surface area contributed by atoms with Crippen molar-refractivity contribution >= 4 is 82.2 Å². The molecule has 54 heavy (non-hydrogen) atoms. The molecule has 1 radical (unpaired) electrons. The SMILES string of the molecule is COc1cc(N=Nc2ccc3cc(Nc4ccc5c(OC)c(C)ccc5c4)ccc3c2O)c(O)cc1N=Nc1ccc(N)c2ccc(S(=O)(=O)O)cc12.[Cu]. The number of azo groups is 2. The van der Waals surface area contributed by atoms with Crippen LogP contribution >= 0.6 is 0 Å². The number of ether oxygens (including phenoxy) is 2. The van der Waals surface area contributed by atoms with Crippen LogP contribution < -0.4 is 20.5 Å². The van der Waals surface area contributed by atoms with Crippen molar-refractivity contribution in [1.82, 2.24) is 0 Å².